The number of hydrogen-bond acceptors (Lipinski definition) is 3. The molecular formula is C12H16ClN3O. The van der Waals surface area contributed by atoms with Crippen LogP contribution in [0.15, 0.2) is 18.2 Å². The number of benzene rings is 1. The van der Waals surface area contributed by atoms with Gasteiger partial charge in [-0.15, -0.1) is 0 Å². The fraction of sp³-hybridized carbons (Fsp3) is 0.417. The number of aromatic nitrogens is 2. The van der Waals surface area contributed by atoms with Crippen LogP contribution >= 0.6 is 11.6 Å². The predicted molar refractivity (Wildman–Crippen MR) is 69.1 cm³/mol. The van der Waals surface area contributed by atoms with Crippen LogP contribution in [-0.4, -0.2) is 23.7 Å². The van der Waals surface area contributed by atoms with Crippen molar-refractivity contribution in [2.24, 2.45) is 5.73 Å². The van der Waals surface area contributed by atoms with E-state index in [4.69, 9.17) is 22.1 Å². The molecule has 17 heavy (non-hydrogen) atoms. The van der Waals surface area contributed by atoms with Crippen molar-refractivity contribution < 1.29 is 4.74 Å². The molecule has 1 unspecified atom stereocenters. The van der Waals surface area contributed by atoms with Crippen molar-refractivity contribution in [2.75, 3.05) is 13.7 Å². The standard InChI is InChI=1S/C12H16ClN3O/c1-17-6-2-3-9(14)12-15-10-5-4-8(13)7-11(10)16-12/h4-5,7,9H,2-3,6,14H2,1H3,(H,15,16). The second-order valence-electron chi connectivity index (χ2n) is 4.03. The Morgan fingerprint density at radius 1 is 1.53 bits per heavy atom. The molecule has 1 heterocycles. The smallest absolute Gasteiger partial charge is 0.124 e. The van der Waals surface area contributed by atoms with Gasteiger partial charge in [0.1, 0.15) is 5.82 Å². The van der Waals surface area contributed by atoms with Gasteiger partial charge >= 0.3 is 0 Å². The molecule has 0 aliphatic heterocycles. The van der Waals surface area contributed by atoms with Gasteiger partial charge < -0.3 is 15.5 Å². The quantitative estimate of drug-likeness (QED) is 0.806. The molecule has 0 saturated heterocycles. The summed E-state index contributed by atoms with van der Waals surface area (Å²) in [5.41, 5.74) is 7.88. The van der Waals surface area contributed by atoms with Crippen LogP contribution in [0.5, 0.6) is 0 Å². The molecule has 0 aliphatic carbocycles. The maximum atomic E-state index is 6.06. The summed E-state index contributed by atoms with van der Waals surface area (Å²) < 4.78 is 5.00. The SMILES string of the molecule is COCCCC(N)c1nc2ccc(Cl)cc2[nH]1. The lowest BCUT2D eigenvalue weighted by molar-refractivity contribution is 0.190. The summed E-state index contributed by atoms with van der Waals surface area (Å²) in [4.78, 5) is 7.65. The molecule has 1 aromatic carbocycles. The number of nitrogens with one attached hydrogen (secondary N) is 1. The lowest BCUT2D eigenvalue weighted by Gasteiger charge is -2.07. The van der Waals surface area contributed by atoms with Crippen molar-refractivity contribution in [3.8, 4) is 0 Å². The first kappa shape index (κ1) is 12.4. The van der Waals surface area contributed by atoms with Crippen molar-refractivity contribution in [2.45, 2.75) is 18.9 Å². The molecule has 2 rings (SSSR count). The van der Waals surface area contributed by atoms with Crippen LogP contribution in [0.3, 0.4) is 0 Å². The molecule has 0 saturated carbocycles. The number of imidazole rings is 1. The van der Waals surface area contributed by atoms with Crippen LogP contribution in [0.25, 0.3) is 11.0 Å². The summed E-state index contributed by atoms with van der Waals surface area (Å²) in [5, 5.41) is 0.695. The lowest BCUT2D eigenvalue weighted by Crippen LogP contribution is -2.12. The predicted octanol–water partition coefficient (Wildman–Crippen LogP) is 2.64. The minimum atomic E-state index is -0.0867. The highest BCUT2D eigenvalue weighted by atomic mass is 35.5. The van der Waals surface area contributed by atoms with E-state index in [1.54, 1.807) is 7.11 Å². The third-order valence-corrected chi connectivity index (χ3v) is 2.91. The molecule has 2 aromatic rings. The number of nitrogens with two attached hydrogens (primary N) is 1. The van der Waals surface area contributed by atoms with Gasteiger partial charge in [-0.1, -0.05) is 11.6 Å². The minimum Gasteiger partial charge on any atom is -0.385 e. The normalized spacial score (nSPS) is 13.1. The fourth-order valence-electron chi connectivity index (χ4n) is 1.76. The second kappa shape index (κ2) is 5.49. The Kier molecular flexibility index (Phi) is 3.99. The van der Waals surface area contributed by atoms with Crippen molar-refractivity contribution in [3.63, 3.8) is 0 Å². The maximum absolute atomic E-state index is 6.06. The summed E-state index contributed by atoms with van der Waals surface area (Å²) in [5.74, 6) is 0.804. The highest BCUT2D eigenvalue weighted by Crippen LogP contribution is 2.20. The van der Waals surface area contributed by atoms with Gasteiger partial charge in [-0.2, -0.15) is 0 Å². The first-order valence-corrected chi connectivity index (χ1v) is 5.98. The molecular weight excluding hydrogens is 238 g/mol. The van der Waals surface area contributed by atoms with Crippen LogP contribution in [0.2, 0.25) is 5.02 Å². The number of aromatic amines is 1. The van der Waals surface area contributed by atoms with Gasteiger partial charge in [0.2, 0.25) is 0 Å². The van der Waals surface area contributed by atoms with E-state index >= 15 is 0 Å². The van der Waals surface area contributed by atoms with E-state index in [0.29, 0.717) is 5.02 Å². The zero-order chi connectivity index (χ0) is 12.3. The van der Waals surface area contributed by atoms with E-state index in [1.807, 2.05) is 18.2 Å². The summed E-state index contributed by atoms with van der Waals surface area (Å²) in [6.45, 7) is 0.722. The van der Waals surface area contributed by atoms with E-state index in [2.05, 4.69) is 9.97 Å². The van der Waals surface area contributed by atoms with Crippen molar-refractivity contribution in [1.82, 2.24) is 9.97 Å². The number of ether oxygens (including phenoxy) is 1. The molecule has 5 heteroatoms. The fourth-order valence-corrected chi connectivity index (χ4v) is 1.93. The number of fused-ring (bicyclic) bond motifs is 1. The molecule has 0 spiro atoms. The van der Waals surface area contributed by atoms with Crippen LogP contribution in [0, 0.1) is 0 Å². The van der Waals surface area contributed by atoms with Gasteiger partial charge in [-0.05, 0) is 31.0 Å². The largest absolute Gasteiger partial charge is 0.385 e. The van der Waals surface area contributed by atoms with E-state index in [-0.39, 0.29) is 6.04 Å². The van der Waals surface area contributed by atoms with Gasteiger partial charge in [0.05, 0.1) is 17.1 Å². The Morgan fingerprint density at radius 2 is 2.35 bits per heavy atom. The Balaban J connectivity index is 2.12. The van der Waals surface area contributed by atoms with E-state index in [0.717, 1.165) is 36.3 Å². The molecule has 0 bridgehead atoms. The molecule has 0 fully saturated rings. The van der Waals surface area contributed by atoms with Crippen molar-refractivity contribution in [1.29, 1.82) is 0 Å². The number of H-pyrrole nitrogens is 1. The zero-order valence-electron chi connectivity index (χ0n) is 9.74. The van der Waals surface area contributed by atoms with Gasteiger partial charge in [-0.25, -0.2) is 4.98 Å². The number of rotatable bonds is 5. The average molecular weight is 254 g/mol. The number of nitrogens with zero attached hydrogens (tertiary/aromatic N) is 1. The Hall–Kier alpha value is -1.10. The Morgan fingerprint density at radius 3 is 3.12 bits per heavy atom. The van der Waals surface area contributed by atoms with Gasteiger partial charge in [-0.3, -0.25) is 0 Å². The number of methoxy groups -OCH3 is 1. The van der Waals surface area contributed by atoms with Gasteiger partial charge in [0, 0.05) is 18.7 Å². The molecule has 0 radical (unpaired) electrons. The van der Waals surface area contributed by atoms with E-state index in [9.17, 15) is 0 Å². The van der Waals surface area contributed by atoms with Crippen LogP contribution in [-0.2, 0) is 4.74 Å². The monoisotopic (exact) mass is 253 g/mol. The highest BCUT2D eigenvalue weighted by molar-refractivity contribution is 6.31. The topological polar surface area (TPSA) is 63.9 Å². The van der Waals surface area contributed by atoms with Gasteiger partial charge in [0.15, 0.2) is 0 Å². The van der Waals surface area contributed by atoms with E-state index in [1.165, 1.54) is 0 Å². The van der Waals surface area contributed by atoms with E-state index < -0.39 is 0 Å². The average Bonchev–Trinajstić information content (AvgIpc) is 2.72. The van der Waals surface area contributed by atoms with Crippen molar-refractivity contribution in [3.05, 3.63) is 29.0 Å². The third kappa shape index (κ3) is 2.97. The first-order valence-electron chi connectivity index (χ1n) is 5.60. The first-order chi connectivity index (χ1) is 8.20. The number of hydrogen-bond donors (Lipinski definition) is 2. The summed E-state index contributed by atoms with van der Waals surface area (Å²) in [6.07, 6.45) is 1.77. The Bertz CT molecular complexity index is 497. The van der Waals surface area contributed by atoms with Crippen molar-refractivity contribution >= 4 is 22.6 Å². The summed E-state index contributed by atoms with van der Waals surface area (Å²) in [7, 11) is 1.69. The van der Waals surface area contributed by atoms with Crippen LogP contribution in [0.1, 0.15) is 24.7 Å². The molecule has 4 nitrogen and oxygen atoms in total. The minimum absolute atomic E-state index is 0.0867. The molecule has 0 amide bonds. The molecule has 1 aromatic heterocycles. The maximum Gasteiger partial charge on any atom is 0.124 e. The van der Waals surface area contributed by atoms with Crippen LogP contribution in [0.4, 0.5) is 0 Å². The molecule has 1 atom stereocenters. The molecule has 0 aliphatic rings. The lowest BCUT2D eigenvalue weighted by atomic mass is 10.1. The highest BCUT2D eigenvalue weighted by Gasteiger charge is 2.11. The zero-order valence-corrected chi connectivity index (χ0v) is 10.5. The summed E-state index contributed by atoms with van der Waals surface area (Å²) >= 11 is 5.91. The van der Waals surface area contributed by atoms with Crippen LogP contribution < -0.4 is 5.73 Å². The summed E-state index contributed by atoms with van der Waals surface area (Å²) in [6, 6.07) is 5.48. The number of halogens is 1. The molecule has 92 valence electrons. The third-order valence-electron chi connectivity index (χ3n) is 2.68. The second-order valence-corrected chi connectivity index (χ2v) is 4.46. The Labute approximate surface area is 105 Å². The molecule has 3 N–H and O–H groups in total. The van der Waals surface area contributed by atoms with Gasteiger partial charge in [0.25, 0.3) is 0 Å².